The highest BCUT2D eigenvalue weighted by atomic mass is 19.4. The van der Waals surface area contributed by atoms with Gasteiger partial charge < -0.3 is 5.73 Å². The molecule has 136 valence electrons. The molecule has 0 bridgehead atoms. The van der Waals surface area contributed by atoms with E-state index in [0.717, 1.165) is 22.4 Å². The van der Waals surface area contributed by atoms with Crippen LogP contribution in [0.1, 0.15) is 32.7 Å². The first kappa shape index (κ1) is 18.2. The summed E-state index contributed by atoms with van der Waals surface area (Å²) in [7, 11) is 0. The smallest absolute Gasteiger partial charge is 0.382 e. The number of rotatable bonds is 3. The lowest BCUT2D eigenvalue weighted by atomic mass is 10.0. The van der Waals surface area contributed by atoms with Crippen LogP contribution >= 0.6 is 0 Å². The van der Waals surface area contributed by atoms with Crippen LogP contribution in [-0.2, 0) is 6.18 Å². The largest absolute Gasteiger partial charge is 0.416 e. The topological polar surface area (TPSA) is 84.7 Å². The van der Waals surface area contributed by atoms with Crippen molar-refractivity contribution < 1.29 is 18.0 Å². The molecule has 0 atom stereocenters. The summed E-state index contributed by atoms with van der Waals surface area (Å²) in [5, 5.41) is 13.4. The molecule has 0 saturated heterocycles. The Morgan fingerprint density at radius 1 is 1.11 bits per heavy atom. The third kappa shape index (κ3) is 3.40. The second-order valence-corrected chi connectivity index (χ2v) is 5.87. The number of nitriles is 1. The second kappa shape index (κ2) is 6.61. The number of benzene rings is 2. The Morgan fingerprint density at radius 2 is 1.70 bits per heavy atom. The fraction of sp³-hybridized carbons (Fsp3) is 0.105. The summed E-state index contributed by atoms with van der Waals surface area (Å²) < 4.78 is 39.2. The summed E-state index contributed by atoms with van der Waals surface area (Å²) >= 11 is 0. The van der Waals surface area contributed by atoms with Gasteiger partial charge in [0.2, 0.25) is 5.78 Å². The van der Waals surface area contributed by atoms with E-state index in [9.17, 15) is 23.2 Å². The van der Waals surface area contributed by atoms with Crippen LogP contribution in [0.25, 0.3) is 5.69 Å². The molecule has 0 aliphatic carbocycles. The number of anilines is 1. The number of alkyl halides is 3. The summed E-state index contributed by atoms with van der Waals surface area (Å²) in [6.45, 7) is 1.87. The standard InChI is InChI=1S/C19H13F3N4O/c1-11-2-4-12(5-3-11)17(27)16-15(10-23)18(24)26(25-16)14-8-6-13(7-9-14)19(20,21)22/h2-9H,24H2,1H3. The number of hydrogen-bond acceptors (Lipinski definition) is 4. The van der Waals surface area contributed by atoms with Crippen molar-refractivity contribution in [1.82, 2.24) is 9.78 Å². The van der Waals surface area contributed by atoms with Crippen LogP contribution < -0.4 is 5.73 Å². The predicted octanol–water partition coefficient (Wildman–Crippen LogP) is 3.88. The number of nitrogen functional groups attached to an aromatic ring is 1. The van der Waals surface area contributed by atoms with E-state index in [2.05, 4.69) is 5.10 Å². The van der Waals surface area contributed by atoms with Crippen LogP contribution in [0.3, 0.4) is 0 Å². The molecule has 0 aliphatic heterocycles. The Bertz CT molecular complexity index is 1040. The fourth-order valence-electron chi connectivity index (χ4n) is 2.53. The minimum Gasteiger partial charge on any atom is -0.382 e. The Hall–Kier alpha value is -3.60. The second-order valence-electron chi connectivity index (χ2n) is 5.87. The normalized spacial score (nSPS) is 11.2. The molecule has 2 N–H and O–H groups in total. The molecule has 5 nitrogen and oxygen atoms in total. The van der Waals surface area contributed by atoms with E-state index in [4.69, 9.17) is 5.73 Å². The average Bonchev–Trinajstić information content (AvgIpc) is 2.97. The van der Waals surface area contributed by atoms with Crippen molar-refractivity contribution in [2.45, 2.75) is 13.1 Å². The maximum absolute atomic E-state index is 12.7. The lowest BCUT2D eigenvalue weighted by Gasteiger charge is -2.08. The Balaban J connectivity index is 2.05. The number of carbonyl (C=O) groups excluding carboxylic acids is 1. The molecule has 1 aromatic heterocycles. The zero-order valence-electron chi connectivity index (χ0n) is 14.1. The van der Waals surface area contributed by atoms with Crippen LogP contribution in [0.4, 0.5) is 19.0 Å². The summed E-state index contributed by atoms with van der Waals surface area (Å²) in [4.78, 5) is 12.7. The van der Waals surface area contributed by atoms with Crippen LogP contribution in [0.5, 0.6) is 0 Å². The molecule has 0 radical (unpaired) electrons. The van der Waals surface area contributed by atoms with Crippen LogP contribution in [-0.4, -0.2) is 15.6 Å². The van der Waals surface area contributed by atoms with E-state index in [0.29, 0.717) is 5.56 Å². The Labute approximate surface area is 152 Å². The zero-order valence-corrected chi connectivity index (χ0v) is 14.1. The van der Waals surface area contributed by atoms with Gasteiger partial charge in [-0.2, -0.15) is 23.5 Å². The quantitative estimate of drug-likeness (QED) is 0.709. The number of nitrogens with zero attached hydrogens (tertiary/aromatic N) is 3. The number of hydrogen-bond donors (Lipinski definition) is 1. The molecule has 27 heavy (non-hydrogen) atoms. The first-order valence-electron chi connectivity index (χ1n) is 7.80. The van der Waals surface area contributed by atoms with Gasteiger partial charge in [0, 0.05) is 5.56 Å². The van der Waals surface area contributed by atoms with E-state index in [1.807, 2.05) is 13.0 Å². The van der Waals surface area contributed by atoms with Crippen molar-refractivity contribution in [3.05, 3.63) is 76.5 Å². The van der Waals surface area contributed by atoms with Crippen molar-refractivity contribution >= 4 is 11.6 Å². The van der Waals surface area contributed by atoms with E-state index in [1.165, 1.54) is 12.1 Å². The molecule has 0 spiro atoms. The first-order valence-corrected chi connectivity index (χ1v) is 7.80. The van der Waals surface area contributed by atoms with Gasteiger partial charge in [-0.3, -0.25) is 4.79 Å². The molecule has 2 aromatic carbocycles. The molecule has 0 amide bonds. The minimum absolute atomic E-state index is 0.118. The highest BCUT2D eigenvalue weighted by Gasteiger charge is 2.30. The third-order valence-electron chi connectivity index (χ3n) is 4.00. The van der Waals surface area contributed by atoms with Crippen LogP contribution in [0.2, 0.25) is 0 Å². The number of carbonyl (C=O) groups is 1. The average molecular weight is 370 g/mol. The zero-order chi connectivity index (χ0) is 19.8. The summed E-state index contributed by atoms with van der Waals surface area (Å²) in [5.74, 6) is -0.614. The molecular weight excluding hydrogens is 357 g/mol. The highest BCUT2D eigenvalue weighted by molar-refractivity contribution is 6.09. The summed E-state index contributed by atoms with van der Waals surface area (Å²) in [5.41, 5.74) is 6.31. The Morgan fingerprint density at radius 3 is 2.22 bits per heavy atom. The predicted molar refractivity (Wildman–Crippen MR) is 92.3 cm³/mol. The van der Waals surface area contributed by atoms with Crippen molar-refractivity contribution in [3.8, 4) is 11.8 Å². The maximum atomic E-state index is 12.7. The van der Waals surface area contributed by atoms with Crippen molar-refractivity contribution in [1.29, 1.82) is 5.26 Å². The molecule has 0 fully saturated rings. The minimum atomic E-state index is -4.47. The number of aryl methyl sites for hydroxylation is 1. The van der Waals surface area contributed by atoms with E-state index >= 15 is 0 Å². The van der Waals surface area contributed by atoms with Gasteiger partial charge >= 0.3 is 6.18 Å². The van der Waals surface area contributed by atoms with Gasteiger partial charge in [0.05, 0.1) is 11.3 Å². The molecule has 3 rings (SSSR count). The van der Waals surface area contributed by atoms with Crippen molar-refractivity contribution in [2.75, 3.05) is 5.73 Å². The van der Waals surface area contributed by atoms with E-state index in [-0.39, 0.29) is 22.8 Å². The maximum Gasteiger partial charge on any atom is 0.416 e. The van der Waals surface area contributed by atoms with Crippen LogP contribution in [0.15, 0.2) is 48.5 Å². The highest BCUT2D eigenvalue weighted by Crippen LogP contribution is 2.30. The van der Waals surface area contributed by atoms with Crippen molar-refractivity contribution in [3.63, 3.8) is 0 Å². The van der Waals surface area contributed by atoms with Crippen molar-refractivity contribution in [2.24, 2.45) is 0 Å². The molecule has 0 unspecified atom stereocenters. The lowest BCUT2D eigenvalue weighted by Crippen LogP contribution is -2.07. The third-order valence-corrected chi connectivity index (χ3v) is 4.00. The van der Waals surface area contributed by atoms with E-state index < -0.39 is 17.5 Å². The Kier molecular flexibility index (Phi) is 4.45. The van der Waals surface area contributed by atoms with Gasteiger partial charge in [0.25, 0.3) is 0 Å². The van der Waals surface area contributed by atoms with Gasteiger partial charge in [-0.1, -0.05) is 29.8 Å². The van der Waals surface area contributed by atoms with Gasteiger partial charge in [0.1, 0.15) is 17.5 Å². The molecule has 0 saturated carbocycles. The fourth-order valence-corrected chi connectivity index (χ4v) is 2.53. The number of nitrogens with two attached hydrogens (primary N) is 1. The molecule has 3 aromatic rings. The van der Waals surface area contributed by atoms with E-state index in [1.54, 1.807) is 24.3 Å². The number of halogens is 3. The van der Waals surface area contributed by atoms with Gasteiger partial charge in [0.15, 0.2) is 5.69 Å². The van der Waals surface area contributed by atoms with Gasteiger partial charge in [-0.15, -0.1) is 0 Å². The summed E-state index contributed by atoms with van der Waals surface area (Å²) in [6, 6.07) is 12.6. The SMILES string of the molecule is Cc1ccc(C(=O)c2nn(-c3ccc(C(F)(F)F)cc3)c(N)c2C#N)cc1. The monoisotopic (exact) mass is 370 g/mol. The van der Waals surface area contributed by atoms with Gasteiger partial charge in [-0.05, 0) is 31.2 Å². The number of ketones is 1. The van der Waals surface area contributed by atoms with Gasteiger partial charge in [-0.25, -0.2) is 4.68 Å². The lowest BCUT2D eigenvalue weighted by molar-refractivity contribution is -0.137. The molecule has 0 aliphatic rings. The molecule has 1 heterocycles. The number of aromatic nitrogens is 2. The molecule has 8 heteroatoms. The van der Waals surface area contributed by atoms with Crippen LogP contribution in [0, 0.1) is 18.3 Å². The first-order chi connectivity index (χ1) is 12.7. The summed E-state index contributed by atoms with van der Waals surface area (Å²) in [6.07, 6.45) is -4.47. The molecular formula is C19H13F3N4O.